The minimum atomic E-state index is -0.861. The lowest BCUT2D eigenvalue weighted by molar-refractivity contribution is 0.0583. The fraction of sp³-hybridized carbons (Fsp3) is 0.350. The molecule has 0 saturated carbocycles. The fourth-order valence-electron chi connectivity index (χ4n) is 3.02. The summed E-state index contributed by atoms with van der Waals surface area (Å²) in [4.78, 5) is 31.5. The van der Waals surface area contributed by atoms with E-state index in [-0.39, 0.29) is 17.6 Å². The van der Waals surface area contributed by atoms with E-state index in [2.05, 4.69) is 4.98 Å². The van der Waals surface area contributed by atoms with Crippen LogP contribution in [0.25, 0.3) is 0 Å². The summed E-state index contributed by atoms with van der Waals surface area (Å²) < 4.78 is 32.6. The number of carbonyl (C=O) groups excluding carboxylic acids is 2. The van der Waals surface area contributed by atoms with E-state index in [9.17, 15) is 18.4 Å². The number of nitrogens with zero attached hydrogens (tertiary/aromatic N) is 3. The summed E-state index contributed by atoms with van der Waals surface area (Å²) in [6.07, 6.45) is 2.46. The lowest BCUT2D eigenvalue weighted by Gasteiger charge is -2.32. The molecular formula is C20H21F2N3O3. The van der Waals surface area contributed by atoms with Crippen LogP contribution in [0.4, 0.5) is 8.78 Å². The number of amides is 2. The van der Waals surface area contributed by atoms with Crippen molar-refractivity contribution in [3.05, 3.63) is 59.3 Å². The second-order valence-electron chi connectivity index (χ2n) is 6.82. The highest BCUT2D eigenvalue weighted by atomic mass is 19.1. The molecule has 1 fully saturated rings. The Labute approximate surface area is 161 Å². The highest BCUT2D eigenvalue weighted by molar-refractivity contribution is 5.94. The van der Waals surface area contributed by atoms with Gasteiger partial charge in [-0.25, -0.2) is 13.8 Å². The second-order valence-corrected chi connectivity index (χ2v) is 6.82. The van der Waals surface area contributed by atoms with E-state index < -0.39 is 17.5 Å². The minimum Gasteiger partial charge on any atom is -0.474 e. The van der Waals surface area contributed by atoms with Crippen LogP contribution in [0, 0.1) is 11.6 Å². The van der Waals surface area contributed by atoms with E-state index in [0.29, 0.717) is 43.4 Å². The molecule has 2 amide bonds. The predicted molar refractivity (Wildman–Crippen MR) is 98.2 cm³/mol. The minimum absolute atomic E-state index is 0.134. The van der Waals surface area contributed by atoms with Gasteiger partial charge in [-0.15, -0.1) is 0 Å². The Kier molecular flexibility index (Phi) is 5.87. The van der Waals surface area contributed by atoms with Crippen molar-refractivity contribution in [2.45, 2.75) is 18.9 Å². The summed E-state index contributed by atoms with van der Waals surface area (Å²) in [5.74, 6) is -1.77. The van der Waals surface area contributed by atoms with Crippen molar-refractivity contribution in [3.8, 4) is 5.88 Å². The molecule has 2 heterocycles. The Balaban J connectivity index is 1.55. The van der Waals surface area contributed by atoms with Crippen molar-refractivity contribution in [2.75, 3.05) is 27.2 Å². The number of halogens is 2. The Morgan fingerprint density at radius 3 is 2.43 bits per heavy atom. The van der Waals surface area contributed by atoms with Crippen LogP contribution in [0.5, 0.6) is 5.88 Å². The average molecular weight is 389 g/mol. The van der Waals surface area contributed by atoms with E-state index >= 15 is 0 Å². The molecule has 2 aromatic rings. The molecule has 28 heavy (non-hydrogen) atoms. The van der Waals surface area contributed by atoms with Crippen LogP contribution in [0.15, 0.2) is 36.5 Å². The Bertz CT molecular complexity index is 863. The van der Waals surface area contributed by atoms with E-state index in [0.717, 1.165) is 12.1 Å². The largest absolute Gasteiger partial charge is 0.474 e. The molecule has 1 aliphatic rings. The zero-order chi connectivity index (χ0) is 20.3. The number of ether oxygens (including phenoxy) is 1. The van der Waals surface area contributed by atoms with Crippen molar-refractivity contribution in [1.82, 2.24) is 14.8 Å². The number of pyridine rings is 1. The molecule has 0 aliphatic carbocycles. The van der Waals surface area contributed by atoms with Crippen molar-refractivity contribution in [3.63, 3.8) is 0 Å². The van der Waals surface area contributed by atoms with Crippen LogP contribution >= 0.6 is 0 Å². The van der Waals surface area contributed by atoms with E-state index in [1.807, 2.05) is 0 Å². The quantitative estimate of drug-likeness (QED) is 0.807. The van der Waals surface area contributed by atoms with Gasteiger partial charge in [-0.3, -0.25) is 9.59 Å². The van der Waals surface area contributed by atoms with Crippen molar-refractivity contribution in [1.29, 1.82) is 0 Å². The Morgan fingerprint density at radius 1 is 1.14 bits per heavy atom. The lowest BCUT2D eigenvalue weighted by atomic mass is 10.1. The monoisotopic (exact) mass is 389 g/mol. The lowest BCUT2D eigenvalue weighted by Crippen LogP contribution is -2.42. The summed E-state index contributed by atoms with van der Waals surface area (Å²) >= 11 is 0. The van der Waals surface area contributed by atoms with Gasteiger partial charge in [0.15, 0.2) is 0 Å². The summed E-state index contributed by atoms with van der Waals surface area (Å²) in [7, 11) is 3.33. The van der Waals surface area contributed by atoms with Gasteiger partial charge in [0.25, 0.3) is 11.8 Å². The Morgan fingerprint density at radius 2 is 1.86 bits per heavy atom. The molecule has 3 rings (SSSR count). The number of piperidine rings is 1. The number of hydrogen-bond donors (Lipinski definition) is 0. The van der Waals surface area contributed by atoms with Gasteiger partial charge in [-0.1, -0.05) is 0 Å². The first-order valence-electron chi connectivity index (χ1n) is 8.94. The fourth-order valence-corrected chi connectivity index (χ4v) is 3.02. The number of rotatable bonds is 4. The van der Waals surface area contributed by atoms with Gasteiger partial charge >= 0.3 is 0 Å². The van der Waals surface area contributed by atoms with E-state index in [4.69, 9.17) is 4.74 Å². The zero-order valence-corrected chi connectivity index (χ0v) is 15.7. The molecule has 1 aromatic heterocycles. The second kappa shape index (κ2) is 8.33. The van der Waals surface area contributed by atoms with Crippen LogP contribution in [0.3, 0.4) is 0 Å². The molecule has 0 spiro atoms. The standard InChI is InChI=1S/C20H21F2N3O3/c1-24(2)19(26)13-3-6-18(23-12-13)28-15-7-9-25(10-8-15)20(27)16-5-4-14(21)11-17(16)22/h3-6,11-12,15H,7-10H2,1-2H3. The third kappa shape index (κ3) is 4.44. The normalized spacial score (nSPS) is 14.6. The third-order valence-corrected chi connectivity index (χ3v) is 4.57. The maximum absolute atomic E-state index is 13.8. The van der Waals surface area contributed by atoms with Crippen LogP contribution in [0.2, 0.25) is 0 Å². The van der Waals surface area contributed by atoms with Crippen molar-refractivity contribution >= 4 is 11.8 Å². The van der Waals surface area contributed by atoms with Crippen LogP contribution < -0.4 is 4.74 Å². The maximum Gasteiger partial charge on any atom is 0.256 e. The highest BCUT2D eigenvalue weighted by Gasteiger charge is 2.26. The summed E-state index contributed by atoms with van der Waals surface area (Å²) in [5, 5.41) is 0. The summed E-state index contributed by atoms with van der Waals surface area (Å²) in [6, 6.07) is 6.24. The molecule has 6 nitrogen and oxygen atoms in total. The van der Waals surface area contributed by atoms with Crippen LogP contribution in [0.1, 0.15) is 33.6 Å². The molecule has 0 unspecified atom stereocenters. The van der Waals surface area contributed by atoms with E-state index in [1.54, 1.807) is 26.2 Å². The highest BCUT2D eigenvalue weighted by Crippen LogP contribution is 2.20. The molecule has 0 radical (unpaired) electrons. The molecular weight excluding hydrogens is 368 g/mol. The van der Waals surface area contributed by atoms with Crippen LogP contribution in [-0.2, 0) is 0 Å². The predicted octanol–water partition coefficient (Wildman–Crippen LogP) is 2.75. The molecule has 0 N–H and O–H groups in total. The van der Waals surface area contributed by atoms with Gasteiger partial charge in [0.05, 0.1) is 11.1 Å². The number of hydrogen-bond acceptors (Lipinski definition) is 4. The molecule has 1 aliphatic heterocycles. The van der Waals surface area contributed by atoms with Gasteiger partial charge in [0.2, 0.25) is 5.88 Å². The van der Waals surface area contributed by atoms with Crippen molar-refractivity contribution in [2.24, 2.45) is 0 Å². The van der Waals surface area contributed by atoms with Gasteiger partial charge in [-0.05, 0) is 18.2 Å². The topological polar surface area (TPSA) is 62.7 Å². The number of likely N-dealkylation sites (tertiary alicyclic amines) is 1. The smallest absolute Gasteiger partial charge is 0.256 e. The molecule has 0 bridgehead atoms. The summed E-state index contributed by atoms with van der Waals surface area (Å²) in [5.41, 5.74) is 0.336. The first-order chi connectivity index (χ1) is 13.3. The molecule has 0 atom stereocenters. The molecule has 1 saturated heterocycles. The molecule has 1 aromatic carbocycles. The first kappa shape index (κ1) is 19.7. The maximum atomic E-state index is 13.8. The zero-order valence-electron chi connectivity index (χ0n) is 15.7. The molecule has 8 heteroatoms. The Hall–Kier alpha value is -3.03. The van der Waals surface area contributed by atoms with Gasteiger partial charge in [0, 0.05) is 58.4 Å². The van der Waals surface area contributed by atoms with Gasteiger partial charge < -0.3 is 14.5 Å². The number of benzene rings is 1. The van der Waals surface area contributed by atoms with Crippen molar-refractivity contribution < 1.29 is 23.1 Å². The first-order valence-corrected chi connectivity index (χ1v) is 8.94. The van der Waals surface area contributed by atoms with Gasteiger partial charge in [-0.2, -0.15) is 0 Å². The number of carbonyl (C=O) groups is 2. The third-order valence-electron chi connectivity index (χ3n) is 4.57. The SMILES string of the molecule is CN(C)C(=O)c1ccc(OC2CCN(C(=O)c3ccc(F)cc3F)CC2)nc1. The summed E-state index contributed by atoms with van der Waals surface area (Å²) in [6.45, 7) is 0.801. The van der Waals surface area contributed by atoms with Crippen LogP contribution in [-0.4, -0.2) is 59.9 Å². The average Bonchev–Trinajstić information content (AvgIpc) is 2.68. The van der Waals surface area contributed by atoms with E-state index in [1.165, 1.54) is 16.0 Å². The van der Waals surface area contributed by atoms with Gasteiger partial charge in [0.1, 0.15) is 17.7 Å². The number of aromatic nitrogens is 1. The molecule has 148 valence electrons.